The van der Waals surface area contributed by atoms with Gasteiger partial charge in [-0.05, 0) is 73.2 Å². The Bertz CT molecular complexity index is 1400. The first kappa shape index (κ1) is 21.9. The topological polar surface area (TPSA) is 80.6 Å². The summed E-state index contributed by atoms with van der Waals surface area (Å²) >= 11 is 0. The van der Waals surface area contributed by atoms with Crippen LogP contribution in [0.15, 0.2) is 54.9 Å². The Kier molecular flexibility index (Phi) is 5.56. The standard InChI is InChI=1S/C28H27FN6/c29-23-12-20(15-30)11-22(13-23)26-24-14-25(34-27(24)33-18-32-26)21-3-1-19(2-4-21)5-8-35-9-6-28(7-10-35)16-31-17-28/h1-4,11-14,18,31H,5-10,16-17H2,(H,32,33,34). The molecule has 0 amide bonds. The van der Waals surface area contributed by atoms with E-state index in [-0.39, 0.29) is 5.56 Å². The van der Waals surface area contributed by atoms with E-state index < -0.39 is 5.82 Å². The second-order valence-corrected chi connectivity index (χ2v) is 9.90. The first-order valence-electron chi connectivity index (χ1n) is 12.2. The molecule has 0 unspecified atom stereocenters. The molecule has 6 rings (SSSR count). The van der Waals surface area contributed by atoms with E-state index in [1.807, 2.05) is 12.1 Å². The smallest absolute Gasteiger partial charge is 0.141 e. The molecular formula is C28H27FN6. The number of nitrogens with one attached hydrogen (secondary N) is 2. The molecule has 2 aromatic heterocycles. The van der Waals surface area contributed by atoms with Gasteiger partial charge in [0.05, 0.1) is 17.3 Å². The summed E-state index contributed by atoms with van der Waals surface area (Å²) in [5, 5.41) is 13.4. The lowest BCUT2D eigenvalue weighted by molar-refractivity contribution is 0.0560. The first-order valence-corrected chi connectivity index (χ1v) is 12.2. The fourth-order valence-corrected chi connectivity index (χ4v) is 5.34. The third-order valence-corrected chi connectivity index (χ3v) is 7.62. The van der Waals surface area contributed by atoms with Gasteiger partial charge in [-0.1, -0.05) is 24.3 Å². The highest BCUT2D eigenvalue weighted by molar-refractivity contribution is 5.94. The number of aromatic nitrogens is 3. The van der Waals surface area contributed by atoms with Crippen molar-refractivity contribution in [1.29, 1.82) is 5.26 Å². The molecule has 2 saturated heterocycles. The van der Waals surface area contributed by atoms with Crippen LogP contribution >= 0.6 is 0 Å². The van der Waals surface area contributed by atoms with E-state index in [2.05, 4.69) is 49.4 Å². The van der Waals surface area contributed by atoms with Gasteiger partial charge in [0.15, 0.2) is 0 Å². The second-order valence-electron chi connectivity index (χ2n) is 9.90. The maximum Gasteiger partial charge on any atom is 0.141 e. The average molecular weight is 467 g/mol. The predicted octanol–water partition coefficient (Wildman–Crippen LogP) is 4.53. The number of likely N-dealkylation sites (tertiary alicyclic amines) is 1. The van der Waals surface area contributed by atoms with Crippen LogP contribution in [-0.4, -0.2) is 52.6 Å². The van der Waals surface area contributed by atoms with Crippen LogP contribution in [0.5, 0.6) is 0 Å². The molecule has 7 heteroatoms. The zero-order valence-corrected chi connectivity index (χ0v) is 19.5. The van der Waals surface area contributed by atoms with Crippen molar-refractivity contribution in [1.82, 2.24) is 25.2 Å². The highest BCUT2D eigenvalue weighted by Gasteiger charge is 2.39. The monoisotopic (exact) mass is 466 g/mol. The highest BCUT2D eigenvalue weighted by Crippen LogP contribution is 2.35. The number of rotatable bonds is 5. The van der Waals surface area contributed by atoms with E-state index in [9.17, 15) is 9.65 Å². The van der Waals surface area contributed by atoms with Crippen molar-refractivity contribution in [3.8, 4) is 28.6 Å². The number of piperidine rings is 1. The highest BCUT2D eigenvalue weighted by atomic mass is 19.1. The molecule has 35 heavy (non-hydrogen) atoms. The van der Waals surface area contributed by atoms with Gasteiger partial charge in [0.25, 0.3) is 0 Å². The van der Waals surface area contributed by atoms with E-state index in [4.69, 9.17) is 0 Å². The largest absolute Gasteiger partial charge is 0.339 e. The van der Waals surface area contributed by atoms with E-state index in [1.54, 1.807) is 6.07 Å². The van der Waals surface area contributed by atoms with Crippen molar-refractivity contribution in [2.75, 3.05) is 32.7 Å². The number of benzene rings is 2. The summed E-state index contributed by atoms with van der Waals surface area (Å²) in [4.78, 5) is 14.7. The summed E-state index contributed by atoms with van der Waals surface area (Å²) in [6.45, 7) is 5.92. The molecule has 2 aromatic carbocycles. The molecule has 4 heterocycles. The Morgan fingerprint density at radius 1 is 1.00 bits per heavy atom. The Labute approximate surface area is 203 Å². The third kappa shape index (κ3) is 4.31. The van der Waals surface area contributed by atoms with Crippen LogP contribution in [-0.2, 0) is 6.42 Å². The molecule has 1 spiro atoms. The molecule has 0 radical (unpaired) electrons. The van der Waals surface area contributed by atoms with Crippen LogP contribution in [0.4, 0.5) is 4.39 Å². The van der Waals surface area contributed by atoms with Crippen LogP contribution < -0.4 is 5.32 Å². The van der Waals surface area contributed by atoms with Gasteiger partial charge in [-0.2, -0.15) is 5.26 Å². The maximum absolute atomic E-state index is 14.0. The molecule has 2 aliphatic heterocycles. The Morgan fingerprint density at radius 2 is 1.80 bits per heavy atom. The van der Waals surface area contributed by atoms with E-state index in [0.717, 1.165) is 29.6 Å². The second kappa shape index (κ2) is 8.88. The Balaban J connectivity index is 1.18. The molecule has 0 atom stereocenters. The lowest BCUT2D eigenvalue weighted by atomic mass is 9.73. The fraction of sp³-hybridized carbons (Fsp3) is 0.321. The van der Waals surface area contributed by atoms with Gasteiger partial charge in [0, 0.05) is 36.3 Å². The molecule has 6 nitrogen and oxygen atoms in total. The number of aromatic amines is 1. The van der Waals surface area contributed by atoms with Gasteiger partial charge in [0.1, 0.15) is 17.8 Å². The number of halogens is 1. The zero-order chi connectivity index (χ0) is 23.8. The summed E-state index contributed by atoms with van der Waals surface area (Å²) < 4.78 is 14.0. The Morgan fingerprint density at radius 3 is 2.51 bits per heavy atom. The lowest BCUT2D eigenvalue weighted by Crippen LogP contribution is -2.58. The SMILES string of the molecule is N#Cc1cc(F)cc(-c2ncnc3[nH]c(-c4ccc(CCN5CCC6(CC5)CNC6)cc4)cc23)c1. The van der Waals surface area contributed by atoms with E-state index in [0.29, 0.717) is 22.3 Å². The molecule has 4 aromatic rings. The van der Waals surface area contributed by atoms with Crippen molar-refractivity contribution >= 4 is 11.0 Å². The fourth-order valence-electron chi connectivity index (χ4n) is 5.34. The van der Waals surface area contributed by atoms with Gasteiger partial charge in [0.2, 0.25) is 0 Å². The number of nitrogens with zero attached hydrogens (tertiary/aromatic N) is 4. The van der Waals surface area contributed by atoms with Gasteiger partial charge in [-0.15, -0.1) is 0 Å². The van der Waals surface area contributed by atoms with Crippen LogP contribution in [0.3, 0.4) is 0 Å². The minimum absolute atomic E-state index is 0.266. The maximum atomic E-state index is 14.0. The van der Waals surface area contributed by atoms with Crippen molar-refractivity contribution < 1.29 is 4.39 Å². The quantitative estimate of drug-likeness (QED) is 0.452. The third-order valence-electron chi connectivity index (χ3n) is 7.62. The molecule has 176 valence electrons. The number of fused-ring (bicyclic) bond motifs is 1. The minimum Gasteiger partial charge on any atom is -0.339 e. The van der Waals surface area contributed by atoms with Crippen molar-refractivity contribution in [2.45, 2.75) is 19.3 Å². The first-order chi connectivity index (χ1) is 17.1. The van der Waals surface area contributed by atoms with Crippen molar-refractivity contribution in [3.63, 3.8) is 0 Å². The number of hydrogen-bond donors (Lipinski definition) is 2. The van der Waals surface area contributed by atoms with Gasteiger partial charge in [-0.3, -0.25) is 0 Å². The average Bonchev–Trinajstić information content (AvgIpc) is 3.31. The molecule has 2 fully saturated rings. The molecule has 0 saturated carbocycles. The van der Waals surface area contributed by atoms with E-state index in [1.165, 1.54) is 63.0 Å². The summed E-state index contributed by atoms with van der Waals surface area (Å²) in [5.74, 6) is -0.457. The minimum atomic E-state index is -0.457. The molecular weight excluding hydrogens is 439 g/mol. The number of nitriles is 1. The molecule has 0 bridgehead atoms. The van der Waals surface area contributed by atoms with Crippen LogP contribution in [0.2, 0.25) is 0 Å². The zero-order valence-electron chi connectivity index (χ0n) is 19.5. The molecule has 2 N–H and O–H groups in total. The summed E-state index contributed by atoms with van der Waals surface area (Å²) in [5.41, 5.74) is 6.03. The molecule has 2 aliphatic rings. The predicted molar refractivity (Wildman–Crippen MR) is 134 cm³/mol. The van der Waals surface area contributed by atoms with E-state index >= 15 is 0 Å². The number of hydrogen-bond acceptors (Lipinski definition) is 5. The van der Waals surface area contributed by atoms with Gasteiger partial charge in [-0.25, -0.2) is 14.4 Å². The van der Waals surface area contributed by atoms with Crippen LogP contribution in [0, 0.1) is 22.6 Å². The van der Waals surface area contributed by atoms with Gasteiger partial charge < -0.3 is 15.2 Å². The van der Waals surface area contributed by atoms with Crippen molar-refractivity contribution in [3.05, 3.63) is 71.8 Å². The number of H-pyrrole nitrogens is 1. The molecule has 0 aliphatic carbocycles. The summed E-state index contributed by atoms with van der Waals surface area (Å²) in [6.07, 6.45) is 5.14. The lowest BCUT2D eigenvalue weighted by Gasteiger charge is -2.48. The normalized spacial score (nSPS) is 17.4. The van der Waals surface area contributed by atoms with Crippen LogP contribution in [0.1, 0.15) is 24.0 Å². The Hall–Kier alpha value is -3.60. The summed E-state index contributed by atoms with van der Waals surface area (Å²) in [7, 11) is 0. The van der Waals surface area contributed by atoms with Crippen molar-refractivity contribution in [2.24, 2.45) is 5.41 Å². The summed E-state index contributed by atoms with van der Waals surface area (Å²) in [6, 6.07) is 16.9. The van der Waals surface area contributed by atoms with Gasteiger partial charge >= 0.3 is 0 Å². The van der Waals surface area contributed by atoms with Crippen LogP contribution in [0.25, 0.3) is 33.5 Å².